The summed E-state index contributed by atoms with van der Waals surface area (Å²) in [6.45, 7) is 2.22. The minimum absolute atomic E-state index is 0.434. The molecule has 24 heavy (non-hydrogen) atoms. The lowest BCUT2D eigenvalue weighted by Gasteiger charge is -2.30. The maximum absolute atomic E-state index is 6.49. The van der Waals surface area contributed by atoms with Gasteiger partial charge in [-0.15, -0.1) is 0 Å². The van der Waals surface area contributed by atoms with E-state index in [-0.39, 0.29) is 0 Å². The zero-order valence-electron chi connectivity index (χ0n) is 14.5. The largest absolute Gasteiger partial charge is 0.497 e. The number of hydrogen-bond donors (Lipinski definition) is 0. The summed E-state index contributed by atoms with van der Waals surface area (Å²) in [4.78, 5) is 0.753. The molecule has 0 aliphatic carbocycles. The maximum atomic E-state index is 6.49. The first-order valence-corrected chi connectivity index (χ1v) is 9.23. The van der Waals surface area contributed by atoms with E-state index in [1.165, 1.54) is 17.7 Å². The molecule has 3 nitrogen and oxygen atoms in total. The molecular formula is C20H24O3S. The van der Waals surface area contributed by atoms with Crippen LogP contribution in [0.3, 0.4) is 0 Å². The van der Waals surface area contributed by atoms with Crippen molar-refractivity contribution in [3.63, 3.8) is 0 Å². The van der Waals surface area contributed by atoms with Crippen LogP contribution in [0.5, 0.6) is 17.2 Å². The van der Waals surface area contributed by atoms with Crippen LogP contribution in [0.1, 0.15) is 38.2 Å². The molecule has 1 aliphatic heterocycles. The van der Waals surface area contributed by atoms with Crippen LogP contribution in [0.15, 0.2) is 47.4 Å². The van der Waals surface area contributed by atoms with Gasteiger partial charge in [-0.05, 0) is 30.7 Å². The van der Waals surface area contributed by atoms with Crippen LogP contribution >= 0.6 is 11.8 Å². The highest BCUT2D eigenvalue weighted by atomic mass is 32.2. The highest BCUT2D eigenvalue weighted by molar-refractivity contribution is 8.00. The van der Waals surface area contributed by atoms with Crippen LogP contribution in [0.25, 0.3) is 0 Å². The van der Waals surface area contributed by atoms with Gasteiger partial charge in [-0.25, -0.2) is 0 Å². The first-order valence-electron chi connectivity index (χ1n) is 8.42. The number of ether oxygens (including phenoxy) is 3. The molecule has 2 aromatic carbocycles. The molecule has 1 atom stereocenters. The molecule has 0 fully saturated rings. The number of hydrogen-bond acceptors (Lipinski definition) is 4. The van der Waals surface area contributed by atoms with Crippen molar-refractivity contribution in [1.82, 2.24) is 0 Å². The first-order chi connectivity index (χ1) is 11.7. The van der Waals surface area contributed by atoms with E-state index >= 15 is 0 Å². The molecule has 0 saturated heterocycles. The number of para-hydroxylation sites is 1. The first kappa shape index (κ1) is 17.0. The summed E-state index contributed by atoms with van der Waals surface area (Å²) in [5.41, 5.74) is 1.07. The molecule has 1 unspecified atom stereocenters. The number of unbranched alkanes of at least 4 members (excludes halogenated alkanes) is 2. The van der Waals surface area contributed by atoms with E-state index in [1.807, 2.05) is 24.3 Å². The van der Waals surface area contributed by atoms with E-state index < -0.39 is 4.93 Å². The molecule has 2 aromatic rings. The van der Waals surface area contributed by atoms with Gasteiger partial charge in [0, 0.05) is 18.1 Å². The summed E-state index contributed by atoms with van der Waals surface area (Å²) in [6, 6.07) is 14.2. The second kappa shape index (κ2) is 7.39. The van der Waals surface area contributed by atoms with Crippen LogP contribution in [-0.4, -0.2) is 14.2 Å². The van der Waals surface area contributed by atoms with Gasteiger partial charge in [-0.3, -0.25) is 0 Å². The average molecular weight is 344 g/mol. The van der Waals surface area contributed by atoms with Gasteiger partial charge in [0.25, 0.3) is 0 Å². The number of benzene rings is 2. The molecule has 0 radical (unpaired) electrons. The Labute approximate surface area is 148 Å². The van der Waals surface area contributed by atoms with E-state index in [0.29, 0.717) is 0 Å². The summed E-state index contributed by atoms with van der Waals surface area (Å²) in [5, 5.41) is 0. The Kier molecular flexibility index (Phi) is 5.24. The quantitative estimate of drug-likeness (QED) is 0.609. The van der Waals surface area contributed by atoms with Gasteiger partial charge in [0.2, 0.25) is 0 Å². The summed E-state index contributed by atoms with van der Waals surface area (Å²) >= 11 is 1.79. The number of methoxy groups -OCH3 is 2. The van der Waals surface area contributed by atoms with Crippen molar-refractivity contribution in [3.8, 4) is 17.2 Å². The van der Waals surface area contributed by atoms with E-state index in [0.717, 1.165) is 35.7 Å². The average Bonchev–Trinajstić information content (AvgIpc) is 3.00. The summed E-state index contributed by atoms with van der Waals surface area (Å²) in [6.07, 6.45) is 4.45. The normalized spacial score (nSPS) is 18.8. The Bertz CT molecular complexity index is 674. The minimum atomic E-state index is -0.434. The van der Waals surface area contributed by atoms with Crippen molar-refractivity contribution >= 4 is 11.8 Å². The van der Waals surface area contributed by atoms with E-state index in [2.05, 4.69) is 25.1 Å². The highest BCUT2D eigenvalue weighted by Crippen LogP contribution is 2.57. The lowest BCUT2D eigenvalue weighted by molar-refractivity contribution is 0.155. The molecule has 0 amide bonds. The minimum Gasteiger partial charge on any atom is -0.497 e. The Morgan fingerprint density at radius 1 is 1.04 bits per heavy atom. The summed E-state index contributed by atoms with van der Waals surface area (Å²) < 4.78 is 17.5. The number of fused-ring (bicyclic) bond motifs is 1. The van der Waals surface area contributed by atoms with Crippen molar-refractivity contribution in [2.24, 2.45) is 0 Å². The van der Waals surface area contributed by atoms with Crippen LogP contribution in [-0.2, 0) is 4.93 Å². The van der Waals surface area contributed by atoms with Crippen molar-refractivity contribution in [3.05, 3.63) is 48.0 Å². The fraction of sp³-hybridized carbons (Fsp3) is 0.400. The molecule has 128 valence electrons. The Morgan fingerprint density at radius 2 is 1.88 bits per heavy atom. The van der Waals surface area contributed by atoms with Gasteiger partial charge in [0.05, 0.1) is 19.1 Å². The van der Waals surface area contributed by atoms with Crippen LogP contribution in [0, 0.1) is 0 Å². The molecule has 0 saturated carbocycles. The predicted octanol–water partition coefficient (Wildman–Crippen LogP) is 5.62. The molecule has 4 heteroatoms. The molecular weight excluding hydrogens is 320 g/mol. The van der Waals surface area contributed by atoms with Crippen molar-refractivity contribution in [1.29, 1.82) is 0 Å². The van der Waals surface area contributed by atoms with Gasteiger partial charge in [0.15, 0.2) is 4.93 Å². The van der Waals surface area contributed by atoms with Gasteiger partial charge in [-0.1, -0.05) is 43.7 Å². The predicted molar refractivity (Wildman–Crippen MR) is 98.3 cm³/mol. The number of rotatable bonds is 7. The molecule has 3 rings (SSSR count). The van der Waals surface area contributed by atoms with Crippen LogP contribution in [0.4, 0.5) is 0 Å². The van der Waals surface area contributed by atoms with Crippen molar-refractivity contribution < 1.29 is 14.2 Å². The van der Waals surface area contributed by atoms with E-state index in [4.69, 9.17) is 14.2 Å². The van der Waals surface area contributed by atoms with Gasteiger partial charge < -0.3 is 14.2 Å². The molecule has 0 bridgehead atoms. The standard InChI is InChI=1S/C20H24O3S/c1-4-5-8-13-20(23-17-9-6-7-10-19(17)24-20)16-12-11-15(21-2)14-18(16)22-3/h6-7,9-12,14H,4-5,8,13H2,1-3H3. The lowest BCUT2D eigenvalue weighted by atomic mass is 10.0. The van der Waals surface area contributed by atoms with Crippen LogP contribution < -0.4 is 14.2 Å². The van der Waals surface area contributed by atoms with Gasteiger partial charge in [0.1, 0.15) is 17.2 Å². The lowest BCUT2D eigenvalue weighted by Crippen LogP contribution is -2.26. The summed E-state index contributed by atoms with van der Waals surface area (Å²) in [7, 11) is 3.37. The SMILES string of the molecule is CCCCCC1(c2ccc(OC)cc2OC)Oc2ccccc2S1. The fourth-order valence-electron chi connectivity index (χ4n) is 3.06. The smallest absolute Gasteiger partial charge is 0.188 e. The molecule has 0 N–H and O–H groups in total. The van der Waals surface area contributed by atoms with E-state index in [1.54, 1.807) is 26.0 Å². The van der Waals surface area contributed by atoms with Crippen LogP contribution in [0.2, 0.25) is 0 Å². The van der Waals surface area contributed by atoms with Crippen molar-refractivity contribution in [2.75, 3.05) is 14.2 Å². The summed E-state index contributed by atoms with van der Waals surface area (Å²) in [5.74, 6) is 2.56. The maximum Gasteiger partial charge on any atom is 0.188 e. The second-order valence-corrected chi connectivity index (χ2v) is 7.23. The van der Waals surface area contributed by atoms with Crippen molar-refractivity contribution in [2.45, 2.75) is 42.4 Å². The van der Waals surface area contributed by atoms with Gasteiger partial charge >= 0.3 is 0 Å². The number of thioether (sulfide) groups is 1. The Morgan fingerprint density at radius 3 is 2.58 bits per heavy atom. The third-order valence-corrected chi connectivity index (χ3v) is 5.72. The topological polar surface area (TPSA) is 27.7 Å². The zero-order valence-corrected chi connectivity index (χ0v) is 15.3. The van der Waals surface area contributed by atoms with Gasteiger partial charge in [-0.2, -0.15) is 0 Å². The highest BCUT2D eigenvalue weighted by Gasteiger charge is 2.43. The monoisotopic (exact) mass is 344 g/mol. The second-order valence-electron chi connectivity index (χ2n) is 5.93. The Balaban J connectivity index is 2.00. The molecule has 1 aliphatic rings. The molecule has 0 aromatic heterocycles. The Hall–Kier alpha value is -1.81. The zero-order chi connectivity index (χ0) is 17.0. The van der Waals surface area contributed by atoms with E-state index in [9.17, 15) is 0 Å². The molecule has 0 spiro atoms. The third kappa shape index (κ3) is 3.20. The fourth-order valence-corrected chi connectivity index (χ4v) is 4.43. The molecule has 1 heterocycles. The third-order valence-electron chi connectivity index (χ3n) is 4.33.